The summed E-state index contributed by atoms with van der Waals surface area (Å²) in [7, 11) is 0. The molecule has 15 heteroatoms. The zero-order valence-corrected chi connectivity index (χ0v) is 26.0. The Labute approximate surface area is 264 Å². The second-order valence-corrected chi connectivity index (χ2v) is 12.7. The first kappa shape index (κ1) is 31.6. The van der Waals surface area contributed by atoms with Gasteiger partial charge in [-0.3, -0.25) is 4.79 Å². The van der Waals surface area contributed by atoms with E-state index in [0.717, 1.165) is 36.6 Å². The predicted octanol–water partition coefficient (Wildman–Crippen LogP) is 4.06. The van der Waals surface area contributed by atoms with E-state index in [1.165, 1.54) is 11.8 Å². The highest BCUT2D eigenvalue weighted by molar-refractivity contribution is 7.99. The summed E-state index contributed by atoms with van der Waals surface area (Å²) in [5, 5.41) is 13.9. The standard InChI is InChI=1S/C28H33ClFN9O2S.ClH/c1-16-19(41)12-28(25(16)31)5-10-38(11-6-28)22-13-35-23(14-34-22)42-20-2-7-32-26(24(20)29)36-21-3-8-33-27(37-21)39-9-4-18(40)17(30)15-39;/h2-3,7-8,13-14,16-18,25,40H,4-6,9-12,15,31H2,1H3,(H,32,33,36,37);1H/t16-,17-,18+,25+;/m1./s1. The lowest BCUT2D eigenvalue weighted by atomic mass is 9.73. The molecule has 11 nitrogen and oxygen atoms in total. The Balaban J connectivity index is 0.00000368. The molecule has 0 unspecified atom stereocenters. The number of pyridine rings is 1. The maximum atomic E-state index is 14.0. The van der Waals surface area contributed by atoms with Crippen LogP contribution in [-0.4, -0.2) is 80.3 Å². The Bertz CT molecular complexity index is 1450. The topological polar surface area (TPSA) is 146 Å². The number of aliphatic hydroxyl groups excluding tert-OH is 1. The van der Waals surface area contributed by atoms with E-state index in [1.807, 2.05) is 6.92 Å². The molecule has 1 spiro atoms. The molecule has 6 rings (SSSR count). The lowest BCUT2D eigenvalue weighted by molar-refractivity contribution is -0.120. The van der Waals surface area contributed by atoms with E-state index in [1.54, 1.807) is 41.8 Å². The van der Waals surface area contributed by atoms with Gasteiger partial charge in [0.15, 0.2) is 5.82 Å². The predicted molar refractivity (Wildman–Crippen MR) is 166 cm³/mol. The number of carbonyl (C=O) groups is 1. The van der Waals surface area contributed by atoms with Crippen LogP contribution in [0.25, 0.3) is 0 Å². The zero-order chi connectivity index (χ0) is 29.4. The molecular weight excluding hydrogens is 616 g/mol. The van der Waals surface area contributed by atoms with Crippen LogP contribution >= 0.6 is 35.8 Å². The fraction of sp³-hybridized carbons (Fsp3) is 0.500. The summed E-state index contributed by atoms with van der Waals surface area (Å²) < 4.78 is 14.0. The molecule has 2 saturated heterocycles. The van der Waals surface area contributed by atoms with Gasteiger partial charge in [-0.2, -0.15) is 4.98 Å². The fourth-order valence-electron chi connectivity index (χ4n) is 6.04. The minimum Gasteiger partial charge on any atom is -0.390 e. The second kappa shape index (κ2) is 13.0. The lowest BCUT2D eigenvalue weighted by Crippen LogP contribution is -2.48. The number of halogens is 3. The summed E-state index contributed by atoms with van der Waals surface area (Å²) in [5.41, 5.74) is 6.35. The van der Waals surface area contributed by atoms with Crippen LogP contribution in [0.1, 0.15) is 32.6 Å². The third-order valence-corrected chi connectivity index (χ3v) is 10.2. The van der Waals surface area contributed by atoms with Crippen LogP contribution in [0.5, 0.6) is 0 Å². The SMILES string of the molecule is C[C@@H]1C(=O)CC2(CCN(c3cnc(Sc4ccnc(Nc5ccnc(N6CC[C@H](O)[C@H](F)C6)n5)c4Cl)cn3)CC2)[C@H]1N.Cl. The number of nitrogens with two attached hydrogens (primary N) is 1. The van der Waals surface area contributed by atoms with E-state index in [9.17, 15) is 14.3 Å². The van der Waals surface area contributed by atoms with Crippen molar-refractivity contribution in [3.8, 4) is 0 Å². The molecule has 3 aliphatic rings. The molecular formula is C28H34Cl2FN9O2S. The van der Waals surface area contributed by atoms with Gasteiger partial charge in [0.25, 0.3) is 0 Å². The molecule has 4 N–H and O–H groups in total. The van der Waals surface area contributed by atoms with Gasteiger partial charge in [0, 0.05) is 55.3 Å². The average Bonchev–Trinajstić information content (AvgIpc) is 3.20. The molecule has 5 heterocycles. The summed E-state index contributed by atoms with van der Waals surface area (Å²) in [4.78, 5) is 39.3. The largest absolute Gasteiger partial charge is 0.390 e. The van der Waals surface area contributed by atoms with E-state index in [2.05, 4.69) is 35.1 Å². The van der Waals surface area contributed by atoms with Crippen molar-refractivity contribution in [3.05, 3.63) is 41.9 Å². The molecule has 43 heavy (non-hydrogen) atoms. The lowest BCUT2D eigenvalue weighted by Gasteiger charge is -2.42. The van der Waals surface area contributed by atoms with Crippen molar-refractivity contribution in [1.82, 2.24) is 24.9 Å². The number of piperidine rings is 2. The van der Waals surface area contributed by atoms with Gasteiger partial charge in [0.2, 0.25) is 5.95 Å². The van der Waals surface area contributed by atoms with Crippen molar-refractivity contribution in [2.24, 2.45) is 17.1 Å². The number of aliphatic hydroxyl groups is 1. The van der Waals surface area contributed by atoms with Crippen LogP contribution in [-0.2, 0) is 4.79 Å². The van der Waals surface area contributed by atoms with Gasteiger partial charge in [-0.1, -0.05) is 30.3 Å². The summed E-state index contributed by atoms with van der Waals surface area (Å²) in [6.07, 6.45) is 7.04. The quantitative estimate of drug-likeness (QED) is 0.354. The first-order valence-electron chi connectivity index (χ1n) is 14.1. The molecule has 230 valence electrons. The Morgan fingerprint density at radius 3 is 2.56 bits per heavy atom. The Morgan fingerprint density at radius 1 is 1.12 bits per heavy atom. The van der Waals surface area contributed by atoms with Gasteiger partial charge < -0.3 is 26.0 Å². The number of carbonyl (C=O) groups excluding carboxylic acids is 1. The van der Waals surface area contributed by atoms with Crippen LogP contribution in [0.4, 0.5) is 27.8 Å². The van der Waals surface area contributed by atoms with E-state index in [-0.39, 0.29) is 42.1 Å². The van der Waals surface area contributed by atoms with Gasteiger partial charge in [-0.25, -0.2) is 24.3 Å². The summed E-state index contributed by atoms with van der Waals surface area (Å²) in [6, 6.07) is 3.40. The zero-order valence-electron chi connectivity index (χ0n) is 23.6. The van der Waals surface area contributed by atoms with Gasteiger partial charge in [-0.05, 0) is 36.8 Å². The summed E-state index contributed by atoms with van der Waals surface area (Å²) in [6.45, 7) is 4.02. The Morgan fingerprint density at radius 2 is 1.88 bits per heavy atom. The third-order valence-electron chi connectivity index (χ3n) is 8.73. The molecule has 1 aliphatic carbocycles. The molecule has 4 atom stereocenters. The minimum atomic E-state index is -1.35. The molecule has 0 aromatic carbocycles. The number of anilines is 4. The summed E-state index contributed by atoms with van der Waals surface area (Å²) >= 11 is 8.08. The summed E-state index contributed by atoms with van der Waals surface area (Å²) in [5.74, 6) is 2.25. The highest BCUT2D eigenvalue weighted by atomic mass is 35.5. The first-order valence-corrected chi connectivity index (χ1v) is 15.3. The average molecular weight is 651 g/mol. The molecule has 3 aromatic heterocycles. The highest BCUT2D eigenvalue weighted by Crippen LogP contribution is 2.46. The molecule has 0 radical (unpaired) electrons. The van der Waals surface area contributed by atoms with Crippen molar-refractivity contribution in [2.75, 3.05) is 41.3 Å². The van der Waals surface area contributed by atoms with Crippen molar-refractivity contribution >= 4 is 65.0 Å². The van der Waals surface area contributed by atoms with Crippen LogP contribution in [0.15, 0.2) is 46.8 Å². The molecule has 3 fully saturated rings. The number of aromatic nitrogens is 5. The Hall–Kier alpha value is -2.84. The van der Waals surface area contributed by atoms with Crippen LogP contribution in [0, 0.1) is 11.3 Å². The van der Waals surface area contributed by atoms with Crippen LogP contribution < -0.4 is 20.9 Å². The smallest absolute Gasteiger partial charge is 0.227 e. The van der Waals surface area contributed by atoms with E-state index < -0.39 is 12.3 Å². The molecule has 3 aromatic rings. The molecule has 0 bridgehead atoms. The second-order valence-electron chi connectivity index (χ2n) is 11.3. The van der Waals surface area contributed by atoms with Crippen molar-refractivity contribution in [3.63, 3.8) is 0 Å². The van der Waals surface area contributed by atoms with Gasteiger partial charge in [-0.15, -0.1) is 12.4 Å². The van der Waals surface area contributed by atoms with E-state index in [4.69, 9.17) is 17.3 Å². The maximum Gasteiger partial charge on any atom is 0.227 e. The Kier molecular flexibility index (Phi) is 9.57. The highest BCUT2D eigenvalue weighted by Gasteiger charge is 2.50. The van der Waals surface area contributed by atoms with E-state index in [0.29, 0.717) is 47.0 Å². The number of rotatable bonds is 6. The number of alkyl halides is 1. The maximum absolute atomic E-state index is 14.0. The number of nitrogens with zero attached hydrogens (tertiary/aromatic N) is 7. The monoisotopic (exact) mass is 649 g/mol. The van der Waals surface area contributed by atoms with Gasteiger partial charge in [0.1, 0.15) is 28.6 Å². The molecule has 0 amide bonds. The number of Topliss-reactive ketones (excluding diaryl/α,β-unsaturated/α-hetero) is 1. The van der Waals surface area contributed by atoms with Crippen LogP contribution in [0.3, 0.4) is 0 Å². The number of ketones is 1. The number of hydrogen-bond acceptors (Lipinski definition) is 12. The van der Waals surface area contributed by atoms with Crippen LogP contribution in [0.2, 0.25) is 5.02 Å². The van der Waals surface area contributed by atoms with Crippen molar-refractivity contribution in [2.45, 2.75) is 60.8 Å². The third kappa shape index (κ3) is 6.51. The number of hydrogen-bond donors (Lipinski definition) is 3. The first-order chi connectivity index (χ1) is 20.2. The van der Waals surface area contributed by atoms with Gasteiger partial charge in [0.05, 0.1) is 30.1 Å². The minimum absolute atomic E-state index is 0. The molecule has 1 saturated carbocycles. The normalized spacial score (nSPS) is 25.1. The fourth-order valence-corrected chi connectivity index (χ4v) is 7.07. The number of nitrogens with one attached hydrogen (secondary N) is 1. The van der Waals surface area contributed by atoms with Crippen molar-refractivity contribution < 1.29 is 14.3 Å². The van der Waals surface area contributed by atoms with Gasteiger partial charge >= 0.3 is 0 Å². The van der Waals surface area contributed by atoms with Crippen molar-refractivity contribution in [1.29, 1.82) is 0 Å². The molecule has 2 aliphatic heterocycles. The van der Waals surface area contributed by atoms with E-state index >= 15 is 0 Å².